The van der Waals surface area contributed by atoms with Gasteiger partial charge in [-0.15, -0.1) is 0 Å². The van der Waals surface area contributed by atoms with E-state index in [1.165, 1.54) is 11.1 Å². The van der Waals surface area contributed by atoms with Crippen LogP contribution in [0.2, 0.25) is 0 Å². The average molecular weight is 386 g/mol. The molecule has 0 N–H and O–H groups in total. The molecule has 144 valence electrons. The van der Waals surface area contributed by atoms with Gasteiger partial charge in [-0.25, -0.2) is 14.3 Å². The maximum absolute atomic E-state index is 12.5. The molecule has 0 radical (unpaired) electrons. The number of fused-ring (bicyclic) bond motifs is 1. The summed E-state index contributed by atoms with van der Waals surface area (Å²) in [6.45, 7) is -0.375. The molecule has 2 aromatic heterocycles. The van der Waals surface area contributed by atoms with Gasteiger partial charge in [-0.3, -0.25) is 4.79 Å². The number of amides is 1. The summed E-state index contributed by atoms with van der Waals surface area (Å²) in [7, 11) is 1.63. The second kappa shape index (κ2) is 7.93. The van der Waals surface area contributed by atoms with Gasteiger partial charge in [0, 0.05) is 24.5 Å². The molecule has 29 heavy (non-hydrogen) atoms. The zero-order valence-electron chi connectivity index (χ0n) is 15.7. The van der Waals surface area contributed by atoms with Gasteiger partial charge in [0.1, 0.15) is 5.56 Å². The van der Waals surface area contributed by atoms with Crippen molar-refractivity contribution in [3.05, 3.63) is 84.7 Å². The highest BCUT2D eigenvalue weighted by molar-refractivity contribution is 5.99. The number of para-hydroxylation sites is 1. The predicted octanol–water partition coefficient (Wildman–Crippen LogP) is 3.22. The number of hydrogen-bond donors (Lipinski definition) is 0. The van der Waals surface area contributed by atoms with Crippen molar-refractivity contribution in [1.82, 2.24) is 14.6 Å². The van der Waals surface area contributed by atoms with Crippen molar-refractivity contribution >= 4 is 23.2 Å². The van der Waals surface area contributed by atoms with Crippen LogP contribution in [0, 0.1) is 0 Å². The number of benzene rings is 2. The number of likely N-dealkylation sites (N-methyl/N-ethyl adjacent to an activating group) is 1. The van der Waals surface area contributed by atoms with Crippen molar-refractivity contribution < 1.29 is 14.3 Å². The minimum absolute atomic E-state index is 0.206. The van der Waals surface area contributed by atoms with Crippen LogP contribution in [-0.4, -0.2) is 40.1 Å². The molecule has 0 saturated heterocycles. The quantitative estimate of drug-likeness (QED) is 0.492. The first-order chi connectivity index (χ1) is 14.1. The lowest BCUT2D eigenvalue weighted by Gasteiger charge is -2.16. The molecule has 0 aliphatic carbocycles. The molecule has 7 nitrogen and oxygen atoms in total. The Bertz CT molecular complexity index is 1160. The highest BCUT2D eigenvalue weighted by Crippen LogP contribution is 2.21. The minimum atomic E-state index is -0.646. The minimum Gasteiger partial charge on any atom is -0.452 e. The molecule has 1 amide bonds. The van der Waals surface area contributed by atoms with Crippen molar-refractivity contribution in [2.45, 2.75) is 0 Å². The van der Waals surface area contributed by atoms with Gasteiger partial charge in [0.25, 0.3) is 5.91 Å². The number of anilines is 1. The van der Waals surface area contributed by atoms with Crippen LogP contribution in [0.25, 0.3) is 16.9 Å². The molecule has 7 heteroatoms. The molecule has 0 bridgehead atoms. The van der Waals surface area contributed by atoms with E-state index in [0.717, 1.165) is 16.9 Å². The Hall–Kier alpha value is -4.00. The Kier molecular flexibility index (Phi) is 5.03. The molecule has 0 spiro atoms. The Labute approximate surface area is 167 Å². The van der Waals surface area contributed by atoms with Crippen molar-refractivity contribution in [2.75, 3.05) is 18.6 Å². The van der Waals surface area contributed by atoms with Gasteiger partial charge in [-0.2, -0.15) is 5.10 Å². The summed E-state index contributed by atoms with van der Waals surface area (Å²) < 4.78 is 6.81. The fourth-order valence-corrected chi connectivity index (χ4v) is 2.96. The first kappa shape index (κ1) is 18.4. The van der Waals surface area contributed by atoms with Crippen LogP contribution in [0.1, 0.15) is 10.4 Å². The van der Waals surface area contributed by atoms with Crippen molar-refractivity contribution in [1.29, 1.82) is 0 Å². The van der Waals surface area contributed by atoms with E-state index in [2.05, 4.69) is 10.1 Å². The van der Waals surface area contributed by atoms with E-state index in [0.29, 0.717) is 5.65 Å². The molecule has 0 atom stereocenters. The summed E-state index contributed by atoms with van der Waals surface area (Å²) in [6.07, 6.45) is 3.02. The Morgan fingerprint density at radius 2 is 1.69 bits per heavy atom. The second-order valence-corrected chi connectivity index (χ2v) is 6.35. The summed E-state index contributed by atoms with van der Waals surface area (Å²) in [5.74, 6) is -0.980. The standard InChI is InChI=1S/C22H18N4O3/c1-25(17-10-6-3-7-11-17)20(27)15-29-22(28)18-14-24-26-19(12-13-23-21(18)26)16-8-4-2-5-9-16/h2-14H,15H2,1H3. The Balaban J connectivity index is 1.52. The van der Waals surface area contributed by atoms with E-state index in [1.807, 2.05) is 54.6 Å². The molecule has 0 fully saturated rings. The number of carbonyl (C=O) groups excluding carboxylic acids is 2. The topological polar surface area (TPSA) is 76.8 Å². The monoisotopic (exact) mass is 386 g/mol. The second-order valence-electron chi connectivity index (χ2n) is 6.35. The SMILES string of the molecule is CN(C(=O)COC(=O)c1cnn2c(-c3ccccc3)ccnc12)c1ccccc1. The summed E-state index contributed by atoms with van der Waals surface area (Å²) >= 11 is 0. The van der Waals surface area contributed by atoms with Gasteiger partial charge < -0.3 is 9.64 Å². The van der Waals surface area contributed by atoms with E-state index >= 15 is 0 Å². The summed E-state index contributed by atoms with van der Waals surface area (Å²) in [5.41, 5.74) is 3.05. The first-order valence-electron chi connectivity index (χ1n) is 9.02. The van der Waals surface area contributed by atoms with Gasteiger partial charge in [0.05, 0.1) is 11.9 Å². The zero-order chi connectivity index (χ0) is 20.2. The van der Waals surface area contributed by atoms with E-state index in [4.69, 9.17) is 4.74 Å². The lowest BCUT2D eigenvalue weighted by Crippen LogP contribution is -2.31. The maximum atomic E-state index is 12.5. The molecule has 0 unspecified atom stereocenters. The van der Waals surface area contributed by atoms with Gasteiger partial charge in [0.2, 0.25) is 0 Å². The van der Waals surface area contributed by atoms with Gasteiger partial charge in [-0.05, 0) is 18.2 Å². The highest BCUT2D eigenvalue weighted by Gasteiger charge is 2.20. The molecule has 4 rings (SSSR count). The van der Waals surface area contributed by atoms with E-state index in [9.17, 15) is 9.59 Å². The van der Waals surface area contributed by atoms with Crippen molar-refractivity contribution in [3.8, 4) is 11.3 Å². The third kappa shape index (κ3) is 3.70. The largest absolute Gasteiger partial charge is 0.452 e. The number of hydrogen-bond acceptors (Lipinski definition) is 5. The van der Waals surface area contributed by atoms with Crippen LogP contribution < -0.4 is 4.90 Å². The summed E-state index contributed by atoms with van der Waals surface area (Å²) in [4.78, 5) is 30.6. The first-order valence-corrected chi connectivity index (χ1v) is 9.02. The number of carbonyl (C=O) groups is 2. The van der Waals surface area contributed by atoms with Crippen LogP contribution >= 0.6 is 0 Å². The van der Waals surface area contributed by atoms with Crippen LogP contribution in [0.3, 0.4) is 0 Å². The van der Waals surface area contributed by atoms with Gasteiger partial charge in [0.15, 0.2) is 12.3 Å². The van der Waals surface area contributed by atoms with Crippen LogP contribution in [-0.2, 0) is 9.53 Å². The van der Waals surface area contributed by atoms with Gasteiger partial charge in [-0.1, -0.05) is 48.5 Å². The number of aromatic nitrogens is 3. The number of rotatable bonds is 5. The van der Waals surface area contributed by atoms with E-state index in [-0.39, 0.29) is 18.1 Å². The summed E-state index contributed by atoms with van der Waals surface area (Å²) in [6, 6.07) is 20.6. The Morgan fingerprint density at radius 3 is 2.41 bits per heavy atom. The van der Waals surface area contributed by atoms with Crippen LogP contribution in [0.5, 0.6) is 0 Å². The van der Waals surface area contributed by atoms with Crippen molar-refractivity contribution in [2.24, 2.45) is 0 Å². The fourth-order valence-electron chi connectivity index (χ4n) is 2.96. The lowest BCUT2D eigenvalue weighted by atomic mass is 10.1. The average Bonchev–Trinajstić information content (AvgIpc) is 3.22. The number of ether oxygens (including phenoxy) is 1. The fraction of sp³-hybridized carbons (Fsp3) is 0.0909. The lowest BCUT2D eigenvalue weighted by molar-refractivity contribution is -0.121. The Morgan fingerprint density at radius 1 is 1.00 bits per heavy atom. The maximum Gasteiger partial charge on any atom is 0.344 e. The molecule has 0 aliphatic rings. The number of esters is 1. The third-order valence-corrected chi connectivity index (χ3v) is 4.54. The van der Waals surface area contributed by atoms with E-state index in [1.54, 1.807) is 29.9 Å². The van der Waals surface area contributed by atoms with E-state index < -0.39 is 5.97 Å². The molecule has 0 saturated carbocycles. The number of nitrogens with zero attached hydrogens (tertiary/aromatic N) is 4. The smallest absolute Gasteiger partial charge is 0.344 e. The van der Waals surface area contributed by atoms with Crippen molar-refractivity contribution in [3.63, 3.8) is 0 Å². The summed E-state index contributed by atoms with van der Waals surface area (Å²) in [5, 5.41) is 4.28. The van der Waals surface area contributed by atoms with Crippen LogP contribution in [0.15, 0.2) is 79.1 Å². The third-order valence-electron chi connectivity index (χ3n) is 4.54. The van der Waals surface area contributed by atoms with Crippen LogP contribution in [0.4, 0.5) is 5.69 Å². The zero-order valence-corrected chi connectivity index (χ0v) is 15.7. The normalized spacial score (nSPS) is 10.7. The predicted molar refractivity (Wildman–Crippen MR) is 109 cm³/mol. The highest BCUT2D eigenvalue weighted by atomic mass is 16.5. The molecular weight excluding hydrogens is 368 g/mol. The molecule has 2 heterocycles. The molecule has 2 aromatic carbocycles. The van der Waals surface area contributed by atoms with Gasteiger partial charge >= 0.3 is 5.97 Å². The molecule has 4 aromatic rings. The molecular formula is C22H18N4O3. The molecule has 0 aliphatic heterocycles.